The van der Waals surface area contributed by atoms with E-state index in [0.717, 1.165) is 17.7 Å². The lowest BCUT2D eigenvalue weighted by Gasteiger charge is -2.21. The predicted molar refractivity (Wildman–Crippen MR) is 113 cm³/mol. The van der Waals surface area contributed by atoms with Crippen LogP contribution in [-0.2, 0) is 6.18 Å². The van der Waals surface area contributed by atoms with E-state index in [2.05, 4.69) is 36.5 Å². The molecule has 3 aromatic rings. The number of benzene rings is 2. The molecule has 0 aliphatic carbocycles. The molecule has 2 aromatic carbocycles. The molecule has 0 aliphatic rings. The third-order valence-corrected chi connectivity index (χ3v) is 4.50. The highest BCUT2D eigenvalue weighted by Crippen LogP contribution is 2.35. The summed E-state index contributed by atoms with van der Waals surface area (Å²) in [5, 5.41) is 6.32. The fourth-order valence-corrected chi connectivity index (χ4v) is 3.07. The Bertz CT molecular complexity index is 999. The van der Waals surface area contributed by atoms with Gasteiger partial charge in [0, 0.05) is 21.6 Å². The second kappa shape index (κ2) is 8.02. The molecule has 1 heterocycles. The lowest BCUT2D eigenvalue weighted by molar-refractivity contribution is -0.137. The van der Waals surface area contributed by atoms with Crippen LogP contribution in [0.2, 0.25) is 0 Å². The molecule has 0 bridgehead atoms. The van der Waals surface area contributed by atoms with Crippen molar-refractivity contribution in [3.8, 4) is 11.3 Å². The van der Waals surface area contributed by atoms with E-state index in [-0.39, 0.29) is 10.0 Å². The highest BCUT2D eigenvalue weighted by molar-refractivity contribution is 9.10. The van der Waals surface area contributed by atoms with Gasteiger partial charge in [-0.2, -0.15) is 18.2 Å². The molecule has 152 valence electrons. The number of rotatable bonds is 4. The fraction of sp³-hybridized carbons (Fsp3) is 0.238. The first kappa shape index (κ1) is 21.1. The summed E-state index contributed by atoms with van der Waals surface area (Å²) in [5.41, 5.74) is 1.08. The lowest BCUT2D eigenvalue weighted by atomic mass is 10.1. The molecular formula is C21H20BrF3N4. The highest BCUT2D eigenvalue weighted by Gasteiger charge is 2.30. The molecule has 0 spiro atoms. The van der Waals surface area contributed by atoms with Gasteiger partial charge in [-0.05, 0) is 54.9 Å². The van der Waals surface area contributed by atoms with Crippen LogP contribution in [0.15, 0.2) is 59.1 Å². The van der Waals surface area contributed by atoms with Crippen molar-refractivity contribution in [1.82, 2.24) is 9.97 Å². The maximum absolute atomic E-state index is 12.9. The zero-order chi connectivity index (χ0) is 21.2. The molecule has 1 aromatic heterocycles. The van der Waals surface area contributed by atoms with E-state index >= 15 is 0 Å². The van der Waals surface area contributed by atoms with E-state index in [0.29, 0.717) is 23.1 Å². The molecule has 2 N–H and O–H groups in total. The summed E-state index contributed by atoms with van der Waals surface area (Å²) in [4.78, 5) is 9.05. The maximum Gasteiger partial charge on any atom is 0.416 e. The van der Waals surface area contributed by atoms with E-state index < -0.39 is 11.7 Å². The first-order valence-corrected chi connectivity index (χ1v) is 9.67. The van der Waals surface area contributed by atoms with Crippen LogP contribution in [0.4, 0.5) is 30.6 Å². The Hall–Kier alpha value is -2.61. The summed E-state index contributed by atoms with van der Waals surface area (Å²) < 4.78 is 39.0. The molecule has 3 rings (SSSR count). The van der Waals surface area contributed by atoms with Crippen LogP contribution in [0.3, 0.4) is 0 Å². The quantitative estimate of drug-likeness (QED) is 0.441. The number of hydrogen-bond donors (Lipinski definition) is 2. The van der Waals surface area contributed by atoms with Crippen molar-refractivity contribution in [2.45, 2.75) is 32.5 Å². The number of nitrogens with zero attached hydrogens (tertiary/aromatic N) is 2. The first-order valence-electron chi connectivity index (χ1n) is 8.88. The van der Waals surface area contributed by atoms with E-state index in [1.807, 2.05) is 51.1 Å². The third-order valence-electron chi connectivity index (χ3n) is 3.84. The molecular weight excluding hydrogens is 445 g/mol. The zero-order valence-electron chi connectivity index (χ0n) is 16.1. The van der Waals surface area contributed by atoms with Crippen LogP contribution < -0.4 is 10.6 Å². The van der Waals surface area contributed by atoms with Gasteiger partial charge in [-0.25, -0.2) is 4.98 Å². The number of aromatic nitrogens is 2. The van der Waals surface area contributed by atoms with Crippen LogP contribution in [0.5, 0.6) is 0 Å². The average Bonchev–Trinajstić information content (AvgIpc) is 2.61. The molecule has 8 heteroatoms. The number of anilines is 3. The van der Waals surface area contributed by atoms with Gasteiger partial charge in [0.2, 0.25) is 5.95 Å². The minimum atomic E-state index is -4.40. The molecule has 0 fully saturated rings. The van der Waals surface area contributed by atoms with Crippen LogP contribution in [0.25, 0.3) is 11.3 Å². The summed E-state index contributed by atoms with van der Waals surface area (Å²) in [6.45, 7) is 5.97. The van der Waals surface area contributed by atoms with Gasteiger partial charge in [0.25, 0.3) is 0 Å². The maximum atomic E-state index is 12.9. The fourth-order valence-electron chi connectivity index (χ4n) is 2.59. The number of alkyl halides is 3. The summed E-state index contributed by atoms with van der Waals surface area (Å²) in [5.74, 6) is 0.885. The molecule has 0 saturated heterocycles. The Labute approximate surface area is 175 Å². The largest absolute Gasteiger partial charge is 0.416 e. The summed E-state index contributed by atoms with van der Waals surface area (Å²) in [7, 11) is 0. The zero-order valence-corrected chi connectivity index (χ0v) is 17.7. The Morgan fingerprint density at radius 2 is 1.59 bits per heavy atom. The highest BCUT2D eigenvalue weighted by atomic mass is 79.9. The van der Waals surface area contributed by atoms with Crippen molar-refractivity contribution in [2.75, 3.05) is 10.6 Å². The van der Waals surface area contributed by atoms with E-state index in [1.54, 1.807) is 6.07 Å². The van der Waals surface area contributed by atoms with Gasteiger partial charge in [-0.1, -0.05) is 30.3 Å². The van der Waals surface area contributed by atoms with E-state index in [1.165, 1.54) is 6.07 Å². The minimum absolute atomic E-state index is 0.262. The summed E-state index contributed by atoms with van der Waals surface area (Å²) in [6.07, 6.45) is -4.40. The van der Waals surface area contributed by atoms with Gasteiger partial charge >= 0.3 is 6.18 Å². The number of hydrogen-bond acceptors (Lipinski definition) is 4. The molecule has 29 heavy (non-hydrogen) atoms. The molecule has 0 radical (unpaired) electrons. The Kier molecular flexibility index (Phi) is 5.84. The van der Waals surface area contributed by atoms with Gasteiger partial charge in [-0.3, -0.25) is 0 Å². The topological polar surface area (TPSA) is 49.8 Å². The standard InChI is InChI=1S/C21H20BrF3N4/c1-20(2,3)29-19-27-17(13-7-5-4-6-8-13)12-18(28-19)26-16-10-9-14(11-15(16)22)21(23,24)25/h4-12H,1-3H3,(H2,26,27,28,29). The van der Waals surface area contributed by atoms with E-state index in [9.17, 15) is 13.2 Å². The average molecular weight is 465 g/mol. The second-order valence-corrected chi connectivity index (χ2v) is 8.37. The van der Waals surface area contributed by atoms with Crippen LogP contribution in [0, 0.1) is 0 Å². The molecule has 0 unspecified atom stereocenters. The van der Waals surface area contributed by atoms with Gasteiger partial charge in [0.1, 0.15) is 5.82 Å². The first-order chi connectivity index (χ1) is 13.5. The SMILES string of the molecule is CC(C)(C)Nc1nc(Nc2ccc(C(F)(F)F)cc2Br)cc(-c2ccccc2)n1. The normalized spacial score (nSPS) is 12.0. The lowest BCUT2D eigenvalue weighted by Crippen LogP contribution is -2.27. The van der Waals surface area contributed by atoms with Crippen molar-refractivity contribution < 1.29 is 13.2 Å². The smallest absolute Gasteiger partial charge is 0.350 e. The molecule has 0 aliphatic heterocycles. The molecule has 4 nitrogen and oxygen atoms in total. The van der Waals surface area contributed by atoms with Crippen molar-refractivity contribution in [3.63, 3.8) is 0 Å². The van der Waals surface area contributed by atoms with Gasteiger partial charge in [0.05, 0.1) is 16.9 Å². The summed E-state index contributed by atoms with van der Waals surface area (Å²) >= 11 is 3.21. The van der Waals surface area contributed by atoms with Gasteiger partial charge in [0.15, 0.2) is 0 Å². The van der Waals surface area contributed by atoms with Crippen molar-refractivity contribution in [1.29, 1.82) is 0 Å². The monoisotopic (exact) mass is 464 g/mol. The number of halogens is 4. The Balaban J connectivity index is 1.99. The van der Waals surface area contributed by atoms with E-state index in [4.69, 9.17) is 0 Å². The predicted octanol–water partition coefficient (Wildman–Crippen LogP) is 6.88. The Morgan fingerprint density at radius 1 is 0.897 bits per heavy atom. The van der Waals surface area contributed by atoms with Gasteiger partial charge in [-0.15, -0.1) is 0 Å². The van der Waals surface area contributed by atoms with Crippen molar-refractivity contribution in [3.05, 3.63) is 64.6 Å². The van der Waals surface area contributed by atoms with Crippen molar-refractivity contribution >= 4 is 33.4 Å². The van der Waals surface area contributed by atoms with Crippen LogP contribution in [-0.4, -0.2) is 15.5 Å². The van der Waals surface area contributed by atoms with Crippen molar-refractivity contribution in [2.24, 2.45) is 0 Å². The second-order valence-electron chi connectivity index (χ2n) is 7.52. The van der Waals surface area contributed by atoms with Gasteiger partial charge < -0.3 is 10.6 Å². The third kappa shape index (κ3) is 5.69. The number of nitrogens with one attached hydrogen (secondary N) is 2. The Morgan fingerprint density at radius 3 is 2.17 bits per heavy atom. The molecule has 0 saturated carbocycles. The molecule has 0 amide bonds. The summed E-state index contributed by atoms with van der Waals surface area (Å²) in [6, 6.07) is 14.8. The molecule has 0 atom stereocenters. The van der Waals surface area contributed by atoms with Crippen LogP contribution >= 0.6 is 15.9 Å². The minimum Gasteiger partial charge on any atom is -0.350 e. The van der Waals surface area contributed by atoms with Crippen LogP contribution in [0.1, 0.15) is 26.3 Å².